The first-order valence-corrected chi connectivity index (χ1v) is 11.2. The molecule has 0 radical (unpaired) electrons. The van der Waals surface area contributed by atoms with Crippen LogP contribution in [0, 0.1) is 0 Å². The molecule has 2 heterocycles. The average Bonchev–Trinajstić information content (AvgIpc) is 2.91. The van der Waals surface area contributed by atoms with E-state index in [9.17, 15) is 4.79 Å². The first-order valence-electron chi connectivity index (χ1n) is 11.2. The number of methoxy groups -OCH3 is 1. The van der Waals surface area contributed by atoms with Gasteiger partial charge in [-0.3, -0.25) is 14.8 Å². The molecule has 34 heavy (non-hydrogen) atoms. The summed E-state index contributed by atoms with van der Waals surface area (Å²) in [5.74, 6) is 1.16. The largest absolute Gasteiger partial charge is 0.493 e. The quantitative estimate of drug-likeness (QED) is 0.340. The van der Waals surface area contributed by atoms with Crippen LogP contribution < -0.4 is 9.47 Å². The molecule has 0 spiro atoms. The molecule has 4 aromatic rings. The number of pyridine rings is 2. The predicted molar refractivity (Wildman–Crippen MR) is 131 cm³/mol. The highest BCUT2D eigenvalue weighted by atomic mass is 16.5. The van der Waals surface area contributed by atoms with Gasteiger partial charge in [0, 0.05) is 37.6 Å². The normalized spacial score (nSPS) is 10.5. The molecule has 0 atom stereocenters. The number of amides is 1. The predicted octanol–water partition coefficient (Wildman–Crippen LogP) is 4.95. The van der Waals surface area contributed by atoms with Crippen LogP contribution >= 0.6 is 0 Å². The summed E-state index contributed by atoms with van der Waals surface area (Å²) < 4.78 is 11.6. The van der Waals surface area contributed by atoms with Crippen LogP contribution in [0.4, 0.5) is 0 Å². The third-order valence-corrected chi connectivity index (χ3v) is 5.37. The zero-order chi connectivity index (χ0) is 23.6. The van der Waals surface area contributed by atoms with Gasteiger partial charge in [-0.25, -0.2) is 0 Å². The highest BCUT2D eigenvalue weighted by Crippen LogP contribution is 2.29. The Morgan fingerprint density at radius 3 is 2.29 bits per heavy atom. The molecule has 1 amide bonds. The smallest absolute Gasteiger partial charge is 0.272 e. The average molecular weight is 454 g/mol. The van der Waals surface area contributed by atoms with Gasteiger partial charge < -0.3 is 14.4 Å². The van der Waals surface area contributed by atoms with Gasteiger partial charge in [-0.15, -0.1) is 0 Å². The van der Waals surface area contributed by atoms with E-state index in [4.69, 9.17) is 9.47 Å². The molecule has 6 nitrogen and oxygen atoms in total. The highest BCUT2D eigenvalue weighted by molar-refractivity contribution is 5.92. The first kappa shape index (κ1) is 23.0. The number of rotatable bonds is 10. The van der Waals surface area contributed by atoms with Gasteiger partial charge in [-0.05, 0) is 47.5 Å². The standard InChI is InChI=1S/C28H27N3O3/c1-33-27-19-23(13-14-26(27)34-21-22-9-3-2-4-10-22)20-31(18-15-24-11-5-7-16-29-24)28(32)25-12-6-8-17-30-25/h2-14,16-17,19H,15,18,20-21H2,1H3. The maximum Gasteiger partial charge on any atom is 0.272 e. The molecule has 4 rings (SSSR count). The molecule has 0 saturated carbocycles. The fraction of sp³-hybridized carbons (Fsp3) is 0.179. The number of carbonyl (C=O) groups excluding carboxylic acids is 1. The summed E-state index contributed by atoms with van der Waals surface area (Å²) in [6.07, 6.45) is 4.04. The lowest BCUT2D eigenvalue weighted by Crippen LogP contribution is -2.33. The molecule has 0 N–H and O–H groups in total. The van der Waals surface area contributed by atoms with E-state index in [-0.39, 0.29) is 5.91 Å². The fourth-order valence-electron chi connectivity index (χ4n) is 3.58. The van der Waals surface area contributed by atoms with E-state index in [0.29, 0.717) is 43.3 Å². The summed E-state index contributed by atoms with van der Waals surface area (Å²) in [5.41, 5.74) is 3.37. The van der Waals surface area contributed by atoms with Gasteiger partial charge in [-0.1, -0.05) is 48.5 Å². The molecule has 172 valence electrons. The molecular formula is C28H27N3O3. The minimum atomic E-state index is -0.125. The van der Waals surface area contributed by atoms with Gasteiger partial charge in [0.2, 0.25) is 0 Å². The van der Waals surface area contributed by atoms with Crippen molar-refractivity contribution in [1.82, 2.24) is 14.9 Å². The fourth-order valence-corrected chi connectivity index (χ4v) is 3.58. The lowest BCUT2D eigenvalue weighted by molar-refractivity contribution is 0.0738. The summed E-state index contributed by atoms with van der Waals surface area (Å²) >= 11 is 0. The summed E-state index contributed by atoms with van der Waals surface area (Å²) in [7, 11) is 1.62. The maximum absolute atomic E-state index is 13.2. The Kier molecular flexibility index (Phi) is 7.85. The number of carbonyl (C=O) groups is 1. The Labute approximate surface area is 199 Å². The van der Waals surface area contributed by atoms with Crippen LogP contribution in [0.3, 0.4) is 0 Å². The molecule has 2 aromatic heterocycles. The van der Waals surface area contributed by atoms with E-state index >= 15 is 0 Å². The lowest BCUT2D eigenvalue weighted by atomic mass is 10.1. The summed E-state index contributed by atoms with van der Waals surface area (Å²) in [6, 6.07) is 26.9. The molecule has 6 heteroatoms. The van der Waals surface area contributed by atoms with Gasteiger partial charge in [-0.2, -0.15) is 0 Å². The molecule has 0 aliphatic heterocycles. The van der Waals surface area contributed by atoms with Crippen LogP contribution in [-0.4, -0.2) is 34.4 Å². The number of benzene rings is 2. The molecule has 0 saturated heterocycles. The van der Waals surface area contributed by atoms with Crippen molar-refractivity contribution >= 4 is 5.91 Å². The van der Waals surface area contributed by atoms with Crippen LogP contribution in [0.5, 0.6) is 11.5 Å². The second kappa shape index (κ2) is 11.6. The lowest BCUT2D eigenvalue weighted by Gasteiger charge is -2.23. The van der Waals surface area contributed by atoms with Crippen molar-refractivity contribution in [2.75, 3.05) is 13.7 Å². The maximum atomic E-state index is 13.2. The number of nitrogens with zero attached hydrogens (tertiary/aromatic N) is 3. The summed E-state index contributed by atoms with van der Waals surface area (Å²) in [5, 5.41) is 0. The molecule has 2 aromatic carbocycles. The van der Waals surface area contributed by atoms with Crippen molar-refractivity contribution in [3.8, 4) is 11.5 Å². The van der Waals surface area contributed by atoms with Crippen molar-refractivity contribution in [1.29, 1.82) is 0 Å². The Hall–Kier alpha value is -4.19. The van der Waals surface area contributed by atoms with Gasteiger partial charge in [0.05, 0.1) is 7.11 Å². The SMILES string of the molecule is COc1cc(CN(CCc2ccccn2)C(=O)c2ccccn2)ccc1OCc1ccccc1. The number of ether oxygens (including phenoxy) is 2. The second-order valence-corrected chi connectivity index (χ2v) is 7.77. The molecular weight excluding hydrogens is 426 g/mol. The first-order chi connectivity index (χ1) is 16.7. The minimum absolute atomic E-state index is 0.125. The molecule has 0 unspecified atom stereocenters. The van der Waals surface area contributed by atoms with Crippen molar-refractivity contribution in [2.24, 2.45) is 0 Å². The monoisotopic (exact) mass is 453 g/mol. The van der Waals surface area contributed by atoms with E-state index in [2.05, 4.69) is 9.97 Å². The van der Waals surface area contributed by atoms with Gasteiger partial charge in [0.25, 0.3) is 5.91 Å². The Morgan fingerprint density at radius 1 is 0.824 bits per heavy atom. The van der Waals surface area contributed by atoms with Gasteiger partial charge in [0.1, 0.15) is 12.3 Å². The summed E-state index contributed by atoms with van der Waals surface area (Å²) in [4.78, 5) is 23.7. The van der Waals surface area contributed by atoms with E-state index in [0.717, 1.165) is 16.8 Å². The van der Waals surface area contributed by atoms with E-state index in [1.165, 1.54) is 0 Å². The summed E-state index contributed by atoms with van der Waals surface area (Å²) in [6.45, 7) is 1.38. The van der Waals surface area contributed by atoms with E-state index in [1.807, 2.05) is 72.8 Å². The van der Waals surface area contributed by atoms with Crippen LogP contribution in [0.1, 0.15) is 27.3 Å². The topological polar surface area (TPSA) is 64.5 Å². The Morgan fingerprint density at radius 2 is 1.59 bits per heavy atom. The van der Waals surface area contributed by atoms with Crippen molar-refractivity contribution in [3.63, 3.8) is 0 Å². The van der Waals surface area contributed by atoms with Crippen LogP contribution in [0.15, 0.2) is 97.3 Å². The molecule has 0 fully saturated rings. The Bertz CT molecular complexity index is 1190. The molecule has 0 bridgehead atoms. The minimum Gasteiger partial charge on any atom is -0.493 e. The van der Waals surface area contributed by atoms with Crippen molar-refractivity contribution < 1.29 is 14.3 Å². The van der Waals surface area contributed by atoms with Crippen molar-refractivity contribution in [3.05, 3.63) is 120 Å². The zero-order valence-electron chi connectivity index (χ0n) is 19.1. The zero-order valence-corrected chi connectivity index (χ0v) is 19.1. The third kappa shape index (κ3) is 6.19. The molecule has 0 aliphatic carbocycles. The number of aromatic nitrogens is 2. The highest BCUT2D eigenvalue weighted by Gasteiger charge is 2.18. The second-order valence-electron chi connectivity index (χ2n) is 7.77. The van der Waals surface area contributed by atoms with Crippen LogP contribution in [-0.2, 0) is 19.6 Å². The van der Waals surface area contributed by atoms with E-state index in [1.54, 1.807) is 36.5 Å². The van der Waals surface area contributed by atoms with Crippen LogP contribution in [0.2, 0.25) is 0 Å². The van der Waals surface area contributed by atoms with E-state index < -0.39 is 0 Å². The number of hydrogen-bond acceptors (Lipinski definition) is 5. The molecule has 0 aliphatic rings. The van der Waals surface area contributed by atoms with Crippen molar-refractivity contribution in [2.45, 2.75) is 19.6 Å². The number of hydrogen-bond donors (Lipinski definition) is 0. The van der Waals surface area contributed by atoms with Crippen LogP contribution in [0.25, 0.3) is 0 Å². The van der Waals surface area contributed by atoms with Gasteiger partial charge in [0.15, 0.2) is 11.5 Å². The van der Waals surface area contributed by atoms with Gasteiger partial charge >= 0.3 is 0 Å². The Balaban J connectivity index is 1.50. The third-order valence-electron chi connectivity index (χ3n) is 5.37.